The van der Waals surface area contributed by atoms with E-state index < -0.39 is 5.41 Å². The molecule has 2 N–H and O–H groups in total. The maximum absolute atomic E-state index is 13.5. The van der Waals surface area contributed by atoms with Crippen molar-refractivity contribution in [3.8, 4) is 11.5 Å². The molecule has 168 valence electrons. The SMILES string of the molecule is Cc1ccc2c(c1)CCc1cc(C)ccc1C2(CC(C)N)c1nnc(-c2ccc(F)cc2)o1. The standard InChI is InChI=1S/C28H28FN3O/c1-17-4-12-24-21(14-17)6-7-22-15-18(2)5-13-25(22)28(24,16-19(3)30)27-32-31-26(33-27)20-8-10-23(29)11-9-20/h4-5,8-15,19H,6-7,16,30H2,1-3H3. The highest BCUT2D eigenvalue weighted by molar-refractivity contribution is 5.57. The first-order chi connectivity index (χ1) is 15.9. The second kappa shape index (κ2) is 8.23. The third kappa shape index (κ3) is 3.76. The lowest BCUT2D eigenvalue weighted by Crippen LogP contribution is -2.37. The van der Waals surface area contributed by atoms with Crippen LogP contribution >= 0.6 is 0 Å². The van der Waals surface area contributed by atoms with Gasteiger partial charge in [-0.1, -0.05) is 47.5 Å². The maximum Gasteiger partial charge on any atom is 0.247 e. The number of rotatable bonds is 4. The van der Waals surface area contributed by atoms with Gasteiger partial charge in [0, 0.05) is 11.6 Å². The van der Waals surface area contributed by atoms with Crippen molar-refractivity contribution in [3.63, 3.8) is 0 Å². The smallest absolute Gasteiger partial charge is 0.247 e. The fourth-order valence-corrected chi connectivity index (χ4v) is 5.23. The lowest BCUT2D eigenvalue weighted by atomic mass is 9.68. The van der Waals surface area contributed by atoms with Crippen molar-refractivity contribution in [1.82, 2.24) is 10.2 Å². The first-order valence-corrected chi connectivity index (χ1v) is 11.4. The zero-order chi connectivity index (χ0) is 23.2. The Morgan fingerprint density at radius 3 is 2.03 bits per heavy atom. The van der Waals surface area contributed by atoms with Gasteiger partial charge in [0.05, 0.1) is 0 Å². The second-order valence-electron chi connectivity index (χ2n) is 9.33. The summed E-state index contributed by atoms with van der Waals surface area (Å²) in [5.74, 6) is 0.598. The predicted molar refractivity (Wildman–Crippen MR) is 128 cm³/mol. The first kappa shape index (κ1) is 21.5. The van der Waals surface area contributed by atoms with Gasteiger partial charge in [-0.25, -0.2) is 4.39 Å². The van der Waals surface area contributed by atoms with Crippen molar-refractivity contribution in [2.75, 3.05) is 0 Å². The summed E-state index contributed by atoms with van der Waals surface area (Å²) in [6.45, 7) is 6.26. The molecule has 1 heterocycles. The van der Waals surface area contributed by atoms with Crippen LogP contribution in [0.1, 0.15) is 52.6 Å². The Balaban J connectivity index is 1.80. The molecule has 4 aromatic rings. The maximum atomic E-state index is 13.5. The molecule has 0 aliphatic heterocycles. The number of aromatic nitrogens is 2. The molecule has 0 saturated heterocycles. The number of benzene rings is 3. The van der Waals surface area contributed by atoms with Crippen molar-refractivity contribution >= 4 is 0 Å². The molecule has 5 heteroatoms. The van der Waals surface area contributed by atoms with Crippen LogP contribution in [0.15, 0.2) is 65.1 Å². The summed E-state index contributed by atoms with van der Waals surface area (Å²) >= 11 is 0. The molecular weight excluding hydrogens is 413 g/mol. The zero-order valence-electron chi connectivity index (χ0n) is 19.2. The zero-order valence-corrected chi connectivity index (χ0v) is 19.2. The van der Waals surface area contributed by atoms with Gasteiger partial charge in [-0.2, -0.15) is 0 Å². The Morgan fingerprint density at radius 1 is 0.909 bits per heavy atom. The van der Waals surface area contributed by atoms with Crippen molar-refractivity contribution in [2.24, 2.45) is 5.73 Å². The third-order valence-electron chi connectivity index (χ3n) is 6.61. The number of fused-ring (bicyclic) bond motifs is 2. The van der Waals surface area contributed by atoms with Gasteiger partial charge in [0.15, 0.2) is 0 Å². The molecule has 1 aromatic heterocycles. The summed E-state index contributed by atoms with van der Waals surface area (Å²) in [6.07, 6.45) is 2.50. The van der Waals surface area contributed by atoms with Crippen LogP contribution in [0.2, 0.25) is 0 Å². The fraction of sp³-hybridized carbons (Fsp3) is 0.286. The van der Waals surface area contributed by atoms with Gasteiger partial charge >= 0.3 is 0 Å². The van der Waals surface area contributed by atoms with Crippen molar-refractivity contribution in [2.45, 2.75) is 51.5 Å². The summed E-state index contributed by atoms with van der Waals surface area (Å²) in [6, 6.07) is 19.2. The number of halogens is 1. The third-order valence-corrected chi connectivity index (χ3v) is 6.61. The van der Waals surface area contributed by atoms with Crippen molar-refractivity contribution in [3.05, 3.63) is 106 Å². The molecule has 1 unspecified atom stereocenters. The largest absolute Gasteiger partial charge is 0.419 e. The normalized spacial score (nSPS) is 15.4. The van der Waals surface area contributed by atoms with Gasteiger partial charge in [-0.3, -0.25) is 0 Å². The molecule has 3 aromatic carbocycles. The molecule has 0 saturated carbocycles. The Bertz CT molecular complexity index is 1250. The number of hydrogen-bond acceptors (Lipinski definition) is 4. The number of aryl methyl sites for hydroxylation is 4. The summed E-state index contributed by atoms with van der Waals surface area (Å²) < 4.78 is 19.8. The van der Waals surface area contributed by atoms with Crippen LogP contribution in [0.4, 0.5) is 4.39 Å². The molecule has 0 amide bonds. The fourth-order valence-electron chi connectivity index (χ4n) is 5.23. The van der Waals surface area contributed by atoms with Crippen LogP contribution in [0.3, 0.4) is 0 Å². The molecule has 0 fully saturated rings. The van der Waals surface area contributed by atoms with Gasteiger partial charge in [0.2, 0.25) is 11.8 Å². The quantitative estimate of drug-likeness (QED) is 0.444. The summed E-state index contributed by atoms with van der Waals surface area (Å²) in [5, 5.41) is 8.96. The molecule has 4 nitrogen and oxygen atoms in total. The Morgan fingerprint density at radius 2 is 1.48 bits per heavy atom. The van der Waals surface area contributed by atoms with Crippen molar-refractivity contribution < 1.29 is 8.81 Å². The number of nitrogens with two attached hydrogens (primary N) is 1. The molecule has 0 bridgehead atoms. The first-order valence-electron chi connectivity index (χ1n) is 11.4. The molecule has 0 spiro atoms. The van der Waals surface area contributed by atoms with E-state index in [1.165, 1.54) is 45.5 Å². The minimum Gasteiger partial charge on any atom is -0.419 e. The predicted octanol–water partition coefficient (Wildman–Crippen LogP) is 5.66. The molecule has 0 radical (unpaired) electrons. The molecule has 1 atom stereocenters. The highest BCUT2D eigenvalue weighted by Gasteiger charge is 2.46. The van der Waals surface area contributed by atoms with Gasteiger partial charge in [-0.15, -0.1) is 10.2 Å². The number of hydrogen-bond donors (Lipinski definition) is 1. The van der Waals surface area contributed by atoms with E-state index in [0.29, 0.717) is 23.8 Å². The van der Waals surface area contributed by atoms with E-state index in [2.05, 4.69) is 60.4 Å². The summed E-state index contributed by atoms with van der Waals surface area (Å²) in [4.78, 5) is 0. The van der Waals surface area contributed by atoms with Crippen molar-refractivity contribution in [1.29, 1.82) is 0 Å². The van der Waals surface area contributed by atoms with E-state index in [9.17, 15) is 4.39 Å². The lowest BCUT2D eigenvalue weighted by Gasteiger charge is -2.35. The van der Waals surface area contributed by atoms with Crippen LogP contribution in [0.25, 0.3) is 11.5 Å². The van der Waals surface area contributed by atoms with E-state index >= 15 is 0 Å². The van der Waals surface area contributed by atoms with Gasteiger partial charge in [-0.05, 0) is 86.6 Å². The van der Waals surface area contributed by atoms with Gasteiger partial charge < -0.3 is 10.2 Å². The van der Waals surface area contributed by atoms with E-state index in [1.54, 1.807) is 12.1 Å². The monoisotopic (exact) mass is 441 g/mol. The van der Waals surface area contributed by atoms with Crippen LogP contribution in [-0.2, 0) is 18.3 Å². The minimum atomic E-state index is -0.665. The molecule has 1 aliphatic rings. The number of nitrogens with zero attached hydrogens (tertiary/aromatic N) is 2. The lowest BCUT2D eigenvalue weighted by molar-refractivity contribution is 0.380. The summed E-state index contributed by atoms with van der Waals surface area (Å²) in [5.41, 5.74) is 13.9. The average Bonchev–Trinajstić information content (AvgIpc) is 3.23. The van der Waals surface area contributed by atoms with Crippen LogP contribution < -0.4 is 5.73 Å². The Labute approximate surface area is 193 Å². The Hall–Kier alpha value is -3.31. The topological polar surface area (TPSA) is 64.9 Å². The Kier molecular flexibility index (Phi) is 5.37. The van der Waals surface area contributed by atoms with Gasteiger partial charge in [0.25, 0.3) is 0 Å². The van der Waals surface area contributed by atoms with Crippen LogP contribution in [-0.4, -0.2) is 16.2 Å². The second-order valence-corrected chi connectivity index (χ2v) is 9.33. The van der Waals surface area contributed by atoms with E-state index in [-0.39, 0.29) is 11.9 Å². The highest BCUT2D eigenvalue weighted by Crippen LogP contribution is 2.48. The van der Waals surface area contributed by atoms with Crippen LogP contribution in [0.5, 0.6) is 0 Å². The minimum absolute atomic E-state index is 0.104. The highest BCUT2D eigenvalue weighted by atomic mass is 19.1. The van der Waals surface area contributed by atoms with E-state index in [0.717, 1.165) is 12.8 Å². The molecular formula is C28H28FN3O. The van der Waals surface area contributed by atoms with Crippen LogP contribution in [0, 0.1) is 19.7 Å². The molecule has 1 aliphatic carbocycles. The molecule has 5 rings (SSSR count). The molecule has 33 heavy (non-hydrogen) atoms. The van der Waals surface area contributed by atoms with E-state index in [4.69, 9.17) is 10.2 Å². The van der Waals surface area contributed by atoms with Gasteiger partial charge in [0.1, 0.15) is 11.2 Å². The average molecular weight is 442 g/mol. The summed E-state index contributed by atoms with van der Waals surface area (Å²) in [7, 11) is 0. The van der Waals surface area contributed by atoms with E-state index in [1.807, 2.05) is 6.92 Å².